The second-order valence-electron chi connectivity index (χ2n) is 11.1. The summed E-state index contributed by atoms with van der Waals surface area (Å²) in [5, 5.41) is 2.28. The Morgan fingerprint density at radius 2 is 1.73 bits per heavy atom. The van der Waals surface area contributed by atoms with E-state index in [1.54, 1.807) is 44.0 Å². The zero-order valence-electron chi connectivity index (χ0n) is 24.5. The molecule has 1 fully saturated rings. The Morgan fingerprint density at radius 3 is 2.39 bits per heavy atom. The van der Waals surface area contributed by atoms with Crippen molar-refractivity contribution in [3.05, 3.63) is 60.3 Å². The number of pyridine rings is 1. The fourth-order valence-corrected chi connectivity index (χ4v) is 5.72. The lowest BCUT2D eigenvalue weighted by atomic mass is 9.98. The maximum absolute atomic E-state index is 14.3. The number of nitrogens with zero attached hydrogens (tertiary/aromatic N) is 5. The highest BCUT2D eigenvalue weighted by Gasteiger charge is 2.29. The topological polar surface area (TPSA) is 153 Å². The van der Waals surface area contributed by atoms with Gasteiger partial charge in [0.05, 0.1) is 36.8 Å². The van der Waals surface area contributed by atoms with Gasteiger partial charge in [-0.1, -0.05) is 6.07 Å². The summed E-state index contributed by atoms with van der Waals surface area (Å²) >= 11 is 0. The standard InChI is InChI=1S/C29H31F2N7O5S/c1-29(2,3)27(39)43-38-11-9-37(10-12-38)25-20-13-17(5-7-22(20)34-28(32)35-25)18-14-24(26(42-4)33-16-18)44(40,41)36-23-8-6-19(30)15-21(23)31/h5-8,13-16,36H,9-12H2,1-4H3,(H2,32,34,35). The number of methoxy groups -OCH3 is 1. The summed E-state index contributed by atoms with van der Waals surface area (Å²) in [6.07, 6.45) is 1.44. The van der Waals surface area contributed by atoms with E-state index in [9.17, 15) is 22.0 Å². The van der Waals surface area contributed by atoms with Crippen molar-refractivity contribution >= 4 is 44.3 Å². The van der Waals surface area contributed by atoms with Crippen molar-refractivity contribution in [2.75, 3.05) is 48.6 Å². The number of fused-ring (bicyclic) bond motifs is 1. The number of hydrogen-bond acceptors (Lipinski definition) is 11. The zero-order valence-corrected chi connectivity index (χ0v) is 25.3. The molecule has 0 radical (unpaired) electrons. The van der Waals surface area contributed by atoms with Crippen molar-refractivity contribution in [3.8, 4) is 17.0 Å². The van der Waals surface area contributed by atoms with Gasteiger partial charge in [-0.3, -0.25) is 4.72 Å². The molecule has 232 valence electrons. The molecule has 15 heteroatoms. The van der Waals surface area contributed by atoms with Crippen molar-refractivity contribution in [1.82, 2.24) is 20.0 Å². The summed E-state index contributed by atoms with van der Waals surface area (Å²) < 4.78 is 61.5. The maximum atomic E-state index is 14.3. The molecule has 3 N–H and O–H groups in total. The number of anilines is 3. The molecule has 2 aromatic heterocycles. The van der Waals surface area contributed by atoms with Crippen LogP contribution in [0.5, 0.6) is 5.88 Å². The molecular formula is C29H31F2N7O5S. The quantitative estimate of drug-likeness (QED) is 0.306. The van der Waals surface area contributed by atoms with Crippen LogP contribution < -0.4 is 20.1 Å². The van der Waals surface area contributed by atoms with Crippen LogP contribution in [0.25, 0.3) is 22.0 Å². The van der Waals surface area contributed by atoms with Gasteiger partial charge in [0.1, 0.15) is 22.3 Å². The lowest BCUT2D eigenvalue weighted by molar-refractivity contribution is -0.201. The third-order valence-electron chi connectivity index (χ3n) is 6.87. The number of carbonyl (C=O) groups is 1. The smallest absolute Gasteiger partial charge is 0.330 e. The predicted octanol–water partition coefficient (Wildman–Crippen LogP) is 3.99. The first-order valence-corrected chi connectivity index (χ1v) is 15.1. The average molecular weight is 628 g/mol. The molecule has 5 rings (SSSR count). The number of hydrogen-bond donors (Lipinski definition) is 2. The third-order valence-corrected chi connectivity index (χ3v) is 8.23. The summed E-state index contributed by atoms with van der Waals surface area (Å²) in [5.41, 5.74) is 6.53. The zero-order chi connectivity index (χ0) is 31.8. The molecule has 0 atom stereocenters. The summed E-state index contributed by atoms with van der Waals surface area (Å²) in [5.74, 6) is -1.81. The lowest BCUT2D eigenvalue weighted by Gasteiger charge is -2.35. The van der Waals surface area contributed by atoms with E-state index in [0.717, 1.165) is 12.1 Å². The molecule has 44 heavy (non-hydrogen) atoms. The number of halogens is 2. The molecular weight excluding hydrogens is 596 g/mol. The Bertz CT molecular complexity index is 1840. The Balaban J connectivity index is 1.46. The Hall–Kier alpha value is -4.63. The molecule has 3 heterocycles. The first kappa shape index (κ1) is 30.8. The number of sulfonamides is 1. The highest BCUT2D eigenvalue weighted by molar-refractivity contribution is 7.92. The van der Waals surface area contributed by atoms with Gasteiger partial charge in [-0.15, -0.1) is 5.06 Å². The number of hydroxylamine groups is 2. The number of aromatic nitrogens is 3. The van der Waals surface area contributed by atoms with E-state index in [1.165, 1.54) is 19.4 Å². The number of benzene rings is 2. The number of nitrogen functional groups attached to an aromatic ring is 1. The molecule has 0 spiro atoms. The van der Waals surface area contributed by atoms with Gasteiger partial charge in [0.2, 0.25) is 11.8 Å². The van der Waals surface area contributed by atoms with Gasteiger partial charge in [-0.25, -0.2) is 32.0 Å². The van der Waals surface area contributed by atoms with Gasteiger partial charge in [0, 0.05) is 36.3 Å². The van der Waals surface area contributed by atoms with E-state index < -0.39 is 32.8 Å². The highest BCUT2D eigenvalue weighted by atomic mass is 32.2. The number of piperazine rings is 1. The maximum Gasteiger partial charge on any atom is 0.330 e. The van der Waals surface area contributed by atoms with E-state index in [0.29, 0.717) is 60.1 Å². The van der Waals surface area contributed by atoms with Crippen LogP contribution in [0.3, 0.4) is 0 Å². The van der Waals surface area contributed by atoms with Gasteiger partial charge in [0.25, 0.3) is 10.0 Å². The molecule has 1 saturated heterocycles. The first-order chi connectivity index (χ1) is 20.7. The lowest BCUT2D eigenvalue weighted by Crippen LogP contribution is -2.48. The van der Waals surface area contributed by atoms with Gasteiger partial charge in [-0.05, 0) is 56.7 Å². The molecule has 0 unspecified atom stereocenters. The predicted molar refractivity (Wildman–Crippen MR) is 160 cm³/mol. The average Bonchev–Trinajstić information content (AvgIpc) is 2.97. The molecule has 0 aliphatic carbocycles. The minimum Gasteiger partial charge on any atom is -0.480 e. The van der Waals surface area contributed by atoms with Crippen molar-refractivity contribution in [2.45, 2.75) is 25.7 Å². The summed E-state index contributed by atoms with van der Waals surface area (Å²) in [6, 6.07) is 9.10. The van der Waals surface area contributed by atoms with Crippen LogP contribution in [-0.4, -0.2) is 67.7 Å². The minimum atomic E-state index is -4.41. The molecule has 0 saturated carbocycles. The van der Waals surface area contributed by atoms with Gasteiger partial charge in [0.15, 0.2) is 0 Å². The fraction of sp³-hybridized carbons (Fsp3) is 0.310. The van der Waals surface area contributed by atoms with Crippen LogP contribution in [-0.2, 0) is 19.7 Å². The SMILES string of the molecule is COc1ncc(-c2ccc3nc(N)nc(N4CCN(OC(=O)C(C)(C)C)CC4)c3c2)cc1S(=O)(=O)Nc1ccc(F)cc1F. The molecule has 12 nitrogen and oxygen atoms in total. The van der Waals surface area contributed by atoms with Crippen molar-refractivity contribution in [3.63, 3.8) is 0 Å². The van der Waals surface area contributed by atoms with Crippen LogP contribution in [0, 0.1) is 17.0 Å². The highest BCUT2D eigenvalue weighted by Crippen LogP contribution is 2.34. The second-order valence-corrected chi connectivity index (χ2v) is 12.8. The number of nitrogens with one attached hydrogen (secondary N) is 1. The Labute approximate surface area is 252 Å². The normalized spacial score (nSPS) is 14.5. The van der Waals surface area contributed by atoms with E-state index in [4.69, 9.17) is 15.3 Å². The van der Waals surface area contributed by atoms with Gasteiger partial charge in [-0.2, -0.15) is 4.98 Å². The molecule has 0 bridgehead atoms. The summed E-state index contributed by atoms with van der Waals surface area (Å²) in [6.45, 7) is 7.24. The Kier molecular flexibility index (Phi) is 8.27. The monoisotopic (exact) mass is 627 g/mol. The van der Waals surface area contributed by atoms with Crippen LogP contribution in [0.15, 0.2) is 53.6 Å². The van der Waals surface area contributed by atoms with E-state index in [-0.39, 0.29) is 22.7 Å². The van der Waals surface area contributed by atoms with E-state index in [1.807, 2.05) is 4.90 Å². The van der Waals surface area contributed by atoms with E-state index in [2.05, 4.69) is 19.7 Å². The van der Waals surface area contributed by atoms with Crippen molar-refractivity contribution < 1.29 is 31.6 Å². The number of ether oxygens (including phenoxy) is 1. The molecule has 1 aliphatic heterocycles. The first-order valence-electron chi connectivity index (χ1n) is 13.6. The van der Waals surface area contributed by atoms with Crippen molar-refractivity contribution in [1.29, 1.82) is 0 Å². The van der Waals surface area contributed by atoms with Crippen molar-refractivity contribution in [2.24, 2.45) is 5.41 Å². The summed E-state index contributed by atoms with van der Waals surface area (Å²) in [7, 11) is -3.15. The number of rotatable bonds is 7. The number of carbonyl (C=O) groups excluding carboxylic acids is 1. The molecule has 1 aliphatic rings. The van der Waals surface area contributed by atoms with Crippen LogP contribution in [0.4, 0.5) is 26.2 Å². The summed E-state index contributed by atoms with van der Waals surface area (Å²) in [4.78, 5) is 32.5. The van der Waals surface area contributed by atoms with Crippen LogP contribution >= 0.6 is 0 Å². The van der Waals surface area contributed by atoms with Crippen LogP contribution in [0.1, 0.15) is 20.8 Å². The molecule has 4 aromatic rings. The van der Waals surface area contributed by atoms with Gasteiger partial charge < -0.3 is 20.2 Å². The number of nitrogens with two attached hydrogens (primary N) is 1. The van der Waals surface area contributed by atoms with E-state index >= 15 is 0 Å². The fourth-order valence-electron chi connectivity index (χ4n) is 4.50. The Morgan fingerprint density at radius 1 is 1.00 bits per heavy atom. The minimum absolute atomic E-state index is 0.0837. The van der Waals surface area contributed by atoms with Crippen LogP contribution in [0.2, 0.25) is 0 Å². The van der Waals surface area contributed by atoms with Gasteiger partial charge >= 0.3 is 5.97 Å². The largest absolute Gasteiger partial charge is 0.480 e. The molecule has 0 amide bonds. The third kappa shape index (κ3) is 6.48. The molecule has 2 aromatic carbocycles. The second kappa shape index (κ2) is 11.8.